The van der Waals surface area contributed by atoms with Gasteiger partial charge in [-0.25, -0.2) is 0 Å². The first kappa shape index (κ1) is 16.9. The molecule has 4 bridgehead atoms. The van der Waals surface area contributed by atoms with Crippen LogP contribution in [0.5, 0.6) is 0 Å². The quantitative estimate of drug-likeness (QED) is 0.904. The predicted molar refractivity (Wildman–Crippen MR) is 101 cm³/mol. The molecular weight excluding hydrogens is 338 g/mol. The molecule has 2 atom stereocenters. The van der Waals surface area contributed by atoms with E-state index in [0.29, 0.717) is 24.2 Å². The van der Waals surface area contributed by atoms with E-state index in [1.54, 1.807) is 0 Å². The summed E-state index contributed by atoms with van der Waals surface area (Å²) in [5.74, 6) is 2.13. The number of aromatic nitrogens is 4. The van der Waals surface area contributed by atoms with Crippen LogP contribution in [-0.2, 0) is 16.9 Å². The zero-order valence-electron chi connectivity index (χ0n) is 16.1. The maximum atomic E-state index is 13.3. The molecule has 1 N–H and O–H groups in total. The minimum atomic E-state index is -0.268. The molecule has 1 amide bonds. The Bertz CT molecular complexity index is 857. The van der Waals surface area contributed by atoms with Crippen molar-refractivity contribution in [3.05, 3.63) is 41.2 Å². The van der Waals surface area contributed by atoms with E-state index in [9.17, 15) is 4.79 Å². The average molecular weight is 365 g/mol. The molecule has 0 saturated heterocycles. The summed E-state index contributed by atoms with van der Waals surface area (Å²) in [6.45, 7) is 4.56. The number of tetrazole rings is 1. The molecule has 142 valence electrons. The maximum Gasteiger partial charge on any atom is 0.226 e. The highest BCUT2D eigenvalue weighted by Crippen LogP contribution is 2.63. The number of hydrogen-bond acceptors (Lipinski definition) is 4. The lowest BCUT2D eigenvalue weighted by atomic mass is 9.46. The van der Waals surface area contributed by atoms with Crippen molar-refractivity contribution in [3.63, 3.8) is 0 Å². The summed E-state index contributed by atoms with van der Waals surface area (Å²) >= 11 is 0. The molecule has 1 aromatic heterocycles. The summed E-state index contributed by atoms with van der Waals surface area (Å²) < 4.78 is 0. The Morgan fingerprint density at radius 3 is 2.48 bits per heavy atom. The van der Waals surface area contributed by atoms with E-state index >= 15 is 0 Å². The minimum absolute atomic E-state index is 0.119. The number of carbonyl (C=O) groups excluding carboxylic acids is 1. The van der Waals surface area contributed by atoms with Crippen LogP contribution in [0.15, 0.2) is 24.3 Å². The Hall–Kier alpha value is -2.24. The summed E-state index contributed by atoms with van der Waals surface area (Å²) in [5, 5.41) is 16.2. The third-order valence-corrected chi connectivity index (χ3v) is 7.02. The van der Waals surface area contributed by atoms with E-state index in [4.69, 9.17) is 0 Å². The third kappa shape index (κ3) is 2.77. The van der Waals surface area contributed by atoms with Crippen molar-refractivity contribution in [2.75, 3.05) is 0 Å². The van der Waals surface area contributed by atoms with Gasteiger partial charge in [0.2, 0.25) is 5.91 Å². The molecule has 6 nitrogen and oxygen atoms in total. The number of amides is 1. The molecule has 4 aliphatic rings. The van der Waals surface area contributed by atoms with Crippen molar-refractivity contribution in [1.82, 2.24) is 25.5 Å². The second-order valence-corrected chi connectivity index (χ2v) is 9.26. The lowest BCUT2D eigenvalue weighted by molar-refractivity contribution is -0.157. The highest BCUT2D eigenvalue weighted by molar-refractivity contribution is 5.83. The van der Waals surface area contributed by atoms with E-state index < -0.39 is 0 Å². The molecule has 0 spiro atoms. The monoisotopic (exact) mass is 365 g/mol. The van der Waals surface area contributed by atoms with E-state index in [1.807, 2.05) is 11.7 Å². The normalized spacial score (nSPS) is 34.0. The first-order valence-corrected chi connectivity index (χ1v) is 10.1. The van der Waals surface area contributed by atoms with Crippen LogP contribution in [0.2, 0.25) is 0 Å². The van der Waals surface area contributed by atoms with Crippen LogP contribution in [-0.4, -0.2) is 26.1 Å². The van der Waals surface area contributed by atoms with Crippen LogP contribution < -0.4 is 5.32 Å². The fourth-order valence-electron chi connectivity index (χ4n) is 6.27. The van der Waals surface area contributed by atoms with Crippen LogP contribution >= 0.6 is 0 Å². The molecular formula is C21H27N5O. The molecule has 27 heavy (non-hydrogen) atoms. The molecule has 0 radical (unpaired) electrons. The van der Waals surface area contributed by atoms with Gasteiger partial charge in [0.05, 0.1) is 11.0 Å². The predicted octanol–water partition coefficient (Wildman–Crippen LogP) is 2.90. The highest BCUT2D eigenvalue weighted by atomic mass is 16.2. The fraction of sp³-hybridized carbons (Fsp3) is 0.619. The van der Waals surface area contributed by atoms with Gasteiger partial charge in [-0.05, 0) is 75.0 Å². The van der Waals surface area contributed by atoms with Gasteiger partial charge in [-0.15, -0.1) is 10.2 Å². The van der Waals surface area contributed by atoms with Gasteiger partial charge in [-0.3, -0.25) is 4.79 Å². The van der Waals surface area contributed by atoms with Gasteiger partial charge in [0.25, 0.3) is 0 Å². The standard InChI is InChI=1S/C21H27N5O/c1-14-3-5-16(6-4-14)12-22-19(27)20-8-17-7-18(9-20)11-21(10-17,13-20)26-24-15(2)23-25-26/h3-6,17-18H,7-13H2,1-2H3,(H,22,27). The van der Waals surface area contributed by atoms with E-state index in [0.717, 1.165) is 37.7 Å². The SMILES string of the molecule is Cc1ccc(CNC(=O)C23CC4CC(C2)CC(n2nnc(C)n2)(C4)C3)cc1. The van der Waals surface area contributed by atoms with Gasteiger partial charge in [0, 0.05) is 6.54 Å². The van der Waals surface area contributed by atoms with Crippen LogP contribution in [0.3, 0.4) is 0 Å². The highest BCUT2D eigenvalue weighted by Gasteiger charge is 2.62. The number of aryl methyl sites for hydroxylation is 2. The maximum absolute atomic E-state index is 13.3. The summed E-state index contributed by atoms with van der Waals surface area (Å²) in [5.41, 5.74) is 2.01. The summed E-state index contributed by atoms with van der Waals surface area (Å²) in [4.78, 5) is 15.2. The van der Waals surface area contributed by atoms with Crippen molar-refractivity contribution < 1.29 is 4.79 Å². The Labute approximate surface area is 159 Å². The second kappa shape index (κ2) is 5.88. The number of rotatable bonds is 4. The molecule has 1 heterocycles. The van der Waals surface area contributed by atoms with Crippen molar-refractivity contribution >= 4 is 5.91 Å². The zero-order chi connectivity index (χ0) is 18.6. The van der Waals surface area contributed by atoms with E-state index in [-0.39, 0.29) is 16.9 Å². The number of nitrogens with zero attached hydrogens (tertiary/aromatic N) is 4. The van der Waals surface area contributed by atoms with Gasteiger partial charge in [0.15, 0.2) is 5.82 Å². The molecule has 2 unspecified atom stereocenters. The number of carbonyl (C=O) groups is 1. The van der Waals surface area contributed by atoms with E-state index in [2.05, 4.69) is 51.9 Å². The lowest BCUT2D eigenvalue weighted by Crippen LogP contribution is -2.61. The molecule has 6 rings (SSSR count). The summed E-state index contributed by atoms with van der Waals surface area (Å²) in [7, 11) is 0. The van der Waals surface area contributed by atoms with Gasteiger partial charge in [-0.1, -0.05) is 29.8 Å². The Morgan fingerprint density at radius 2 is 1.85 bits per heavy atom. The van der Waals surface area contributed by atoms with Crippen LogP contribution in [0.4, 0.5) is 0 Å². The average Bonchev–Trinajstić information content (AvgIpc) is 3.07. The van der Waals surface area contributed by atoms with Gasteiger partial charge in [-0.2, -0.15) is 4.80 Å². The second-order valence-electron chi connectivity index (χ2n) is 9.26. The first-order valence-electron chi connectivity index (χ1n) is 10.1. The van der Waals surface area contributed by atoms with Gasteiger partial charge < -0.3 is 5.32 Å². The largest absolute Gasteiger partial charge is 0.352 e. The van der Waals surface area contributed by atoms with Crippen molar-refractivity contribution in [2.24, 2.45) is 17.3 Å². The number of hydrogen-bond donors (Lipinski definition) is 1. The third-order valence-electron chi connectivity index (χ3n) is 7.02. The molecule has 4 fully saturated rings. The fourth-order valence-corrected chi connectivity index (χ4v) is 6.27. The van der Waals surface area contributed by atoms with Gasteiger partial charge >= 0.3 is 0 Å². The molecule has 0 aliphatic heterocycles. The smallest absolute Gasteiger partial charge is 0.226 e. The Balaban J connectivity index is 1.38. The molecule has 1 aromatic carbocycles. The minimum Gasteiger partial charge on any atom is -0.352 e. The number of benzene rings is 1. The molecule has 4 saturated carbocycles. The summed E-state index contributed by atoms with van der Waals surface area (Å²) in [6, 6.07) is 8.39. The van der Waals surface area contributed by atoms with Crippen molar-refractivity contribution in [2.45, 2.75) is 64.5 Å². The Kier molecular flexibility index (Phi) is 3.68. The first-order chi connectivity index (χ1) is 13.0. The van der Waals surface area contributed by atoms with Gasteiger partial charge in [0.1, 0.15) is 0 Å². The van der Waals surface area contributed by atoms with Crippen molar-refractivity contribution in [3.8, 4) is 0 Å². The Morgan fingerprint density at radius 1 is 1.15 bits per heavy atom. The topological polar surface area (TPSA) is 72.7 Å². The molecule has 4 aliphatic carbocycles. The molecule has 2 aromatic rings. The zero-order valence-corrected chi connectivity index (χ0v) is 16.1. The van der Waals surface area contributed by atoms with Crippen LogP contribution in [0.1, 0.15) is 55.5 Å². The lowest BCUT2D eigenvalue weighted by Gasteiger charge is -2.60. The van der Waals surface area contributed by atoms with Crippen molar-refractivity contribution in [1.29, 1.82) is 0 Å². The number of nitrogens with one attached hydrogen (secondary N) is 1. The molecule has 6 heteroatoms. The van der Waals surface area contributed by atoms with Crippen LogP contribution in [0, 0.1) is 31.1 Å². The van der Waals surface area contributed by atoms with E-state index in [1.165, 1.54) is 12.0 Å². The van der Waals surface area contributed by atoms with Crippen LogP contribution in [0.25, 0.3) is 0 Å². The summed E-state index contributed by atoms with van der Waals surface area (Å²) in [6.07, 6.45) is 6.31.